The van der Waals surface area contributed by atoms with Gasteiger partial charge < -0.3 is 4.74 Å². The maximum atomic E-state index is 11.0. The zero-order chi connectivity index (χ0) is 11.1. The fraction of sp³-hybridized carbons (Fsp3) is 0.667. The molecule has 0 heterocycles. The van der Waals surface area contributed by atoms with Gasteiger partial charge in [0, 0.05) is 23.2 Å². The fourth-order valence-electron chi connectivity index (χ4n) is 0.880. The van der Waals surface area contributed by atoms with Gasteiger partial charge in [-0.2, -0.15) is 0 Å². The Morgan fingerprint density at radius 3 is 2.43 bits per heavy atom. The minimum absolute atomic E-state index is 0.208. The van der Waals surface area contributed by atoms with E-state index in [4.69, 9.17) is 23.2 Å². The van der Waals surface area contributed by atoms with Crippen LogP contribution in [0.1, 0.15) is 13.8 Å². The van der Waals surface area contributed by atoms with Crippen LogP contribution in [0.25, 0.3) is 0 Å². The maximum Gasteiger partial charge on any atom is 0.319 e. The largest absolute Gasteiger partial charge is 0.468 e. The third-order valence-electron chi connectivity index (χ3n) is 1.76. The van der Waals surface area contributed by atoms with Crippen molar-refractivity contribution in [3.63, 3.8) is 0 Å². The molecule has 5 heteroatoms. The smallest absolute Gasteiger partial charge is 0.319 e. The van der Waals surface area contributed by atoms with Crippen molar-refractivity contribution in [2.45, 2.75) is 19.9 Å². The topological polar surface area (TPSA) is 29.5 Å². The van der Waals surface area contributed by atoms with E-state index in [-0.39, 0.29) is 18.6 Å². The number of hydrogen-bond donors (Lipinski definition) is 0. The van der Waals surface area contributed by atoms with Crippen LogP contribution in [0.4, 0.5) is 0 Å². The Balaban J connectivity index is 4.23. The normalized spacial score (nSPS) is 12.4. The fourth-order valence-corrected chi connectivity index (χ4v) is 1.10. The van der Waals surface area contributed by atoms with Crippen molar-refractivity contribution in [1.29, 1.82) is 0 Å². The predicted octanol–water partition coefficient (Wildman–Crippen LogP) is 2.19. The minimum Gasteiger partial charge on any atom is -0.468 e. The lowest BCUT2D eigenvalue weighted by Crippen LogP contribution is -2.37. The van der Waals surface area contributed by atoms with Gasteiger partial charge in [0.15, 0.2) is 0 Å². The SMILES string of the molecule is COC(=O)CN(CC(Cl)=CCl)C(C)C. The molecule has 82 valence electrons. The number of nitrogens with zero attached hydrogens (tertiary/aromatic N) is 1. The van der Waals surface area contributed by atoms with Gasteiger partial charge in [-0.1, -0.05) is 23.2 Å². The summed E-state index contributed by atoms with van der Waals surface area (Å²) in [5.41, 5.74) is 1.30. The molecule has 0 saturated heterocycles. The molecule has 0 unspecified atom stereocenters. The molecule has 0 radical (unpaired) electrons. The van der Waals surface area contributed by atoms with E-state index in [1.165, 1.54) is 12.6 Å². The second-order valence-corrected chi connectivity index (χ2v) is 3.83. The Morgan fingerprint density at radius 2 is 2.07 bits per heavy atom. The van der Waals surface area contributed by atoms with E-state index in [2.05, 4.69) is 4.74 Å². The van der Waals surface area contributed by atoms with Gasteiger partial charge in [0.05, 0.1) is 13.7 Å². The maximum absolute atomic E-state index is 11.0. The monoisotopic (exact) mass is 239 g/mol. The molecule has 0 aromatic heterocycles. The lowest BCUT2D eigenvalue weighted by molar-refractivity contribution is -0.142. The van der Waals surface area contributed by atoms with Gasteiger partial charge >= 0.3 is 5.97 Å². The third-order valence-corrected chi connectivity index (χ3v) is 2.37. The van der Waals surface area contributed by atoms with Crippen LogP contribution in [0.3, 0.4) is 0 Å². The van der Waals surface area contributed by atoms with Crippen LogP contribution < -0.4 is 0 Å². The van der Waals surface area contributed by atoms with Gasteiger partial charge in [-0.15, -0.1) is 0 Å². The van der Waals surface area contributed by atoms with Gasteiger partial charge in [0.1, 0.15) is 0 Å². The second kappa shape index (κ2) is 7.10. The van der Waals surface area contributed by atoms with E-state index in [1.807, 2.05) is 18.7 Å². The quantitative estimate of drug-likeness (QED) is 0.690. The van der Waals surface area contributed by atoms with Crippen molar-refractivity contribution >= 4 is 29.2 Å². The van der Waals surface area contributed by atoms with E-state index >= 15 is 0 Å². The number of halogens is 2. The number of hydrogen-bond acceptors (Lipinski definition) is 3. The summed E-state index contributed by atoms with van der Waals surface area (Å²) >= 11 is 11.2. The zero-order valence-electron chi connectivity index (χ0n) is 8.59. The van der Waals surface area contributed by atoms with Crippen LogP contribution in [0, 0.1) is 0 Å². The van der Waals surface area contributed by atoms with Crippen molar-refractivity contribution in [3.05, 3.63) is 10.6 Å². The Bertz CT molecular complexity index is 217. The van der Waals surface area contributed by atoms with Crippen LogP contribution in [0.15, 0.2) is 10.6 Å². The molecular formula is C9H15Cl2NO2. The number of methoxy groups -OCH3 is 1. The summed E-state index contributed by atoms with van der Waals surface area (Å²) < 4.78 is 4.57. The first-order chi connectivity index (χ1) is 6.51. The number of ether oxygens (including phenoxy) is 1. The van der Waals surface area contributed by atoms with E-state index in [1.54, 1.807) is 0 Å². The lowest BCUT2D eigenvalue weighted by Gasteiger charge is -2.24. The molecule has 0 atom stereocenters. The molecule has 14 heavy (non-hydrogen) atoms. The standard InChI is InChI=1S/C9H15Cl2NO2/c1-7(2)12(5-8(11)4-10)6-9(13)14-3/h4,7H,5-6H2,1-3H3. The molecule has 0 N–H and O–H groups in total. The Labute approximate surface area is 94.6 Å². The molecule has 0 fully saturated rings. The molecule has 0 bridgehead atoms. The highest BCUT2D eigenvalue weighted by atomic mass is 35.5. The number of rotatable bonds is 5. The van der Waals surface area contributed by atoms with Crippen molar-refractivity contribution < 1.29 is 9.53 Å². The summed E-state index contributed by atoms with van der Waals surface area (Å²) in [6.07, 6.45) is 0. The molecule has 0 rings (SSSR count). The van der Waals surface area contributed by atoms with Crippen molar-refractivity contribution in [1.82, 2.24) is 4.90 Å². The van der Waals surface area contributed by atoms with Gasteiger partial charge in [-0.3, -0.25) is 9.69 Å². The zero-order valence-corrected chi connectivity index (χ0v) is 10.1. The molecule has 0 aliphatic carbocycles. The van der Waals surface area contributed by atoms with Crippen LogP contribution in [-0.4, -0.2) is 37.1 Å². The number of esters is 1. The molecule has 0 spiro atoms. The minimum atomic E-state index is -0.280. The van der Waals surface area contributed by atoms with Crippen molar-refractivity contribution in [2.24, 2.45) is 0 Å². The van der Waals surface area contributed by atoms with E-state index < -0.39 is 0 Å². The first kappa shape index (κ1) is 13.8. The molecule has 0 aromatic carbocycles. The summed E-state index contributed by atoms with van der Waals surface area (Å²) in [5, 5.41) is 0.504. The third kappa shape index (κ3) is 5.47. The van der Waals surface area contributed by atoms with Gasteiger partial charge in [0.2, 0.25) is 0 Å². The van der Waals surface area contributed by atoms with Crippen molar-refractivity contribution in [3.8, 4) is 0 Å². The molecule has 0 saturated carbocycles. The summed E-state index contributed by atoms with van der Waals surface area (Å²) in [4.78, 5) is 12.9. The highest BCUT2D eigenvalue weighted by molar-refractivity contribution is 6.36. The van der Waals surface area contributed by atoms with Crippen molar-refractivity contribution in [2.75, 3.05) is 20.2 Å². The second-order valence-electron chi connectivity index (χ2n) is 3.13. The number of carbonyl (C=O) groups excluding carboxylic acids is 1. The van der Waals surface area contributed by atoms with Gasteiger partial charge in [-0.05, 0) is 13.8 Å². The first-order valence-electron chi connectivity index (χ1n) is 4.26. The van der Waals surface area contributed by atoms with Crippen LogP contribution >= 0.6 is 23.2 Å². The Morgan fingerprint density at radius 1 is 1.50 bits per heavy atom. The van der Waals surface area contributed by atoms with Crippen LogP contribution in [0.5, 0.6) is 0 Å². The van der Waals surface area contributed by atoms with E-state index in [0.29, 0.717) is 11.6 Å². The molecule has 0 aliphatic rings. The van der Waals surface area contributed by atoms with Crippen LogP contribution in [0.2, 0.25) is 0 Å². The first-order valence-corrected chi connectivity index (χ1v) is 5.08. The lowest BCUT2D eigenvalue weighted by atomic mass is 10.3. The average molecular weight is 240 g/mol. The molecule has 0 aromatic rings. The Hall–Kier alpha value is -0.250. The highest BCUT2D eigenvalue weighted by Gasteiger charge is 2.14. The van der Waals surface area contributed by atoms with Crippen LogP contribution in [-0.2, 0) is 9.53 Å². The summed E-state index contributed by atoms with van der Waals surface area (Å²) in [6, 6.07) is 0.208. The summed E-state index contributed by atoms with van der Waals surface area (Å²) in [6.45, 7) is 4.62. The van der Waals surface area contributed by atoms with Gasteiger partial charge in [0.25, 0.3) is 0 Å². The van der Waals surface area contributed by atoms with E-state index in [9.17, 15) is 4.79 Å². The Kier molecular flexibility index (Phi) is 6.97. The van der Waals surface area contributed by atoms with Gasteiger partial charge in [-0.25, -0.2) is 0 Å². The summed E-state index contributed by atoms with van der Waals surface area (Å²) in [5.74, 6) is -0.280. The van der Waals surface area contributed by atoms with E-state index in [0.717, 1.165) is 0 Å². The molecule has 3 nitrogen and oxygen atoms in total. The predicted molar refractivity (Wildman–Crippen MR) is 58.5 cm³/mol. The molecule has 0 amide bonds. The highest BCUT2D eigenvalue weighted by Crippen LogP contribution is 2.09. The molecular weight excluding hydrogens is 225 g/mol. The summed E-state index contributed by atoms with van der Waals surface area (Å²) in [7, 11) is 1.36. The number of carbonyl (C=O) groups is 1. The average Bonchev–Trinajstić information content (AvgIpc) is 2.16. The molecule has 0 aliphatic heterocycles.